The minimum atomic E-state index is -4.50. The number of benzene rings is 2. The Morgan fingerprint density at radius 2 is 1.63 bits per heavy atom. The van der Waals surface area contributed by atoms with Crippen molar-refractivity contribution in [3.63, 3.8) is 0 Å². The highest BCUT2D eigenvalue weighted by molar-refractivity contribution is 9.11. The summed E-state index contributed by atoms with van der Waals surface area (Å²) in [5.41, 5.74) is -1.36. The fourth-order valence-electron chi connectivity index (χ4n) is 3.31. The van der Waals surface area contributed by atoms with E-state index in [-0.39, 0.29) is 25.4 Å². The zero-order valence-corrected chi connectivity index (χ0v) is 22.1. The first-order chi connectivity index (χ1) is 16.2. The van der Waals surface area contributed by atoms with Gasteiger partial charge in [0.2, 0.25) is 0 Å². The van der Waals surface area contributed by atoms with Crippen LogP contribution in [0.1, 0.15) is 31.9 Å². The van der Waals surface area contributed by atoms with Crippen LogP contribution in [0.2, 0.25) is 0 Å². The third kappa shape index (κ3) is 5.97. The van der Waals surface area contributed by atoms with Gasteiger partial charge in [0, 0.05) is 5.69 Å². The first kappa shape index (κ1) is 27.0. The Bertz CT molecular complexity index is 1130. The molecule has 7 nitrogen and oxygen atoms in total. The minimum absolute atomic E-state index is 0.0758. The summed E-state index contributed by atoms with van der Waals surface area (Å²) in [5.74, 6) is -0.706. The van der Waals surface area contributed by atoms with Gasteiger partial charge in [0.05, 0.1) is 27.7 Å². The van der Waals surface area contributed by atoms with Crippen LogP contribution in [0.4, 0.5) is 23.7 Å². The molecule has 1 heterocycles. The number of nitrogens with zero attached hydrogens (tertiary/aromatic N) is 2. The number of esters is 1. The number of anilines is 1. The van der Waals surface area contributed by atoms with Crippen molar-refractivity contribution in [3.8, 4) is 5.75 Å². The van der Waals surface area contributed by atoms with E-state index in [1.807, 2.05) is 0 Å². The molecule has 1 aliphatic heterocycles. The lowest BCUT2D eigenvalue weighted by Crippen LogP contribution is -2.40. The Balaban J connectivity index is 1.77. The lowest BCUT2D eigenvalue weighted by molar-refractivity contribution is -0.158. The highest BCUT2D eigenvalue weighted by Gasteiger charge is 2.38. The highest BCUT2D eigenvalue weighted by Crippen LogP contribution is 2.38. The third-order valence-electron chi connectivity index (χ3n) is 5.09. The largest absolute Gasteiger partial charge is 0.474 e. The van der Waals surface area contributed by atoms with Crippen LogP contribution in [-0.4, -0.2) is 41.6 Å². The smallest absolute Gasteiger partial charge is 0.416 e. The molecule has 2 aromatic rings. The maximum Gasteiger partial charge on any atom is 0.416 e. The summed E-state index contributed by atoms with van der Waals surface area (Å²) >= 11 is 6.78. The zero-order chi connectivity index (χ0) is 26.1. The summed E-state index contributed by atoms with van der Waals surface area (Å²) in [4.78, 5) is 39.7. The monoisotopic (exact) mass is 620 g/mol. The van der Waals surface area contributed by atoms with Gasteiger partial charge in [-0.2, -0.15) is 13.2 Å². The van der Waals surface area contributed by atoms with Gasteiger partial charge in [-0.05, 0) is 94.6 Å². The molecule has 0 spiro atoms. The average Bonchev–Trinajstić information content (AvgIpc) is 3.04. The van der Waals surface area contributed by atoms with Gasteiger partial charge in [-0.1, -0.05) is 0 Å². The summed E-state index contributed by atoms with van der Waals surface area (Å²) in [5, 5.41) is 0. The SMILES string of the molecule is CCOC(=O)C(C)(C)Oc1c(Br)cc(CN2C(=O)CN(c3ccc(C(F)(F)F)cc3)C2=O)cc1Br. The molecular weight excluding hydrogens is 601 g/mol. The number of hydrogen-bond acceptors (Lipinski definition) is 5. The van der Waals surface area contributed by atoms with Crippen molar-refractivity contribution in [1.29, 1.82) is 0 Å². The van der Waals surface area contributed by atoms with Gasteiger partial charge in [0.1, 0.15) is 12.3 Å². The minimum Gasteiger partial charge on any atom is -0.474 e. The molecule has 1 fully saturated rings. The molecule has 0 N–H and O–H groups in total. The molecule has 0 bridgehead atoms. The topological polar surface area (TPSA) is 76.2 Å². The second-order valence-electron chi connectivity index (χ2n) is 8.11. The molecule has 0 atom stereocenters. The van der Waals surface area contributed by atoms with Gasteiger partial charge in [-0.3, -0.25) is 14.6 Å². The van der Waals surface area contributed by atoms with Gasteiger partial charge in [-0.25, -0.2) is 9.59 Å². The van der Waals surface area contributed by atoms with Gasteiger partial charge in [-0.15, -0.1) is 0 Å². The molecule has 0 unspecified atom stereocenters. The number of urea groups is 1. The summed E-state index contributed by atoms with van der Waals surface area (Å²) < 4.78 is 50.3. The number of alkyl halides is 3. The number of hydrogen-bond donors (Lipinski definition) is 0. The number of carbonyl (C=O) groups is 3. The van der Waals surface area contributed by atoms with Crippen LogP contribution < -0.4 is 9.64 Å². The van der Waals surface area contributed by atoms with Crippen molar-refractivity contribution in [1.82, 2.24) is 4.90 Å². The molecule has 1 saturated heterocycles. The molecule has 0 aromatic heterocycles. The molecule has 0 radical (unpaired) electrons. The van der Waals surface area contributed by atoms with Crippen molar-refractivity contribution in [2.75, 3.05) is 18.1 Å². The summed E-state index contributed by atoms with van der Waals surface area (Å²) in [6, 6.07) is 6.67. The van der Waals surface area contributed by atoms with Crippen molar-refractivity contribution in [2.45, 2.75) is 39.1 Å². The van der Waals surface area contributed by atoms with Crippen LogP contribution >= 0.6 is 31.9 Å². The molecule has 35 heavy (non-hydrogen) atoms. The second kappa shape index (κ2) is 10.2. The molecule has 0 aliphatic carbocycles. The van der Waals surface area contributed by atoms with Crippen LogP contribution in [0.5, 0.6) is 5.75 Å². The Morgan fingerprint density at radius 1 is 1.06 bits per heavy atom. The predicted molar refractivity (Wildman–Crippen MR) is 128 cm³/mol. The van der Waals surface area contributed by atoms with Crippen molar-refractivity contribution in [2.24, 2.45) is 0 Å². The molecule has 0 saturated carbocycles. The third-order valence-corrected chi connectivity index (χ3v) is 6.26. The molecular formula is C23H21Br2F3N2O5. The summed E-state index contributed by atoms with van der Waals surface area (Å²) in [7, 11) is 0. The van der Waals surface area contributed by atoms with Crippen LogP contribution in [0.15, 0.2) is 45.3 Å². The van der Waals surface area contributed by atoms with Crippen molar-refractivity contribution >= 4 is 55.5 Å². The number of halogens is 5. The molecule has 3 rings (SSSR count). The van der Waals surface area contributed by atoms with E-state index >= 15 is 0 Å². The summed E-state index contributed by atoms with van der Waals surface area (Å²) in [6.45, 7) is 4.65. The number of carbonyl (C=O) groups excluding carboxylic acids is 3. The fourth-order valence-corrected chi connectivity index (χ4v) is 4.76. The standard InChI is InChI=1S/C23H21Br2F3N2O5/c1-4-34-20(32)22(2,3)35-19-16(24)9-13(10-17(19)25)11-30-18(31)12-29(21(30)33)15-7-5-14(6-8-15)23(26,27)28/h5-10H,4,11-12H2,1-3H3. The van der Waals surface area contributed by atoms with Crippen molar-refractivity contribution < 1.29 is 37.0 Å². The molecule has 3 amide bonds. The van der Waals surface area contributed by atoms with Gasteiger partial charge in [0.25, 0.3) is 5.91 Å². The quantitative estimate of drug-likeness (QED) is 0.283. The van der Waals surface area contributed by atoms with Gasteiger partial charge >= 0.3 is 18.2 Å². The van der Waals surface area contributed by atoms with E-state index in [4.69, 9.17) is 9.47 Å². The van der Waals surface area contributed by atoms with E-state index in [2.05, 4.69) is 31.9 Å². The number of rotatable bonds is 7. The van der Waals surface area contributed by atoms with E-state index in [0.29, 0.717) is 20.3 Å². The van der Waals surface area contributed by atoms with Crippen molar-refractivity contribution in [3.05, 3.63) is 56.5 Å². The van der Waals surface area contributed by atoms with E-state index < -0.39 is 35.2 Å². The zero-order valence-electron chi connectivity index (χ0n) is 18.9. The predicted octanol–water partition coefficient (Wildman–Crippen LogP) is 5.92. The highest BCUT2D eigenvalue weighted by atomic mass is 79.9. The van der Waals surface area contributed by atoms with E-state index in [0.717, 1.165) is 34.1 Å². The fraction of sp³-hybridized carbons (Fsp3) is 0.348. The maximum absolute atomic E-state index is 12.9. The van der Waals surface area contributed by atoms with Crippen LogP contribution in [-0.2, 0) is 27.0 Å². The lowest BCUT2D eigenvalue weighted by Gasteiger charge is -2.26. The Morgan fingerprint density at radius 3 is 2.14 bits per heavy atom. The average molecular weight is 622 g/mol. The number of imide groups is 1. The summed E-state index contributed by atoms with van der Waals surface area (Å²) in [6.07, 6.45) is -4.50. The van der Waals surface area contributed by atoms with Crippen LogP contribution in [0.3, 0.4) is 0 Å². The Labute approximate surface area is 216 Å². The van der Waals surface area contributed by atoms with E-state index in [1.165, 1.54) is 0 Å². The number of ether oxygens (including phenoxy) is 2. The number of amides is 3. The lowest BCUT2D eigenvalue weighted by atomic mass is 10.1. The van der Waals surface area contributed by atoms with E-state index in [1.54, 1.807) is 32.9 Å². The Hall–Kier alpha value is -2.60. The van der Waals surface area contributed by atoms with Gasteiger partial charge < -0.3 is 9.47 Å². The van der Waals surface area contributed by atoms with Crippen LogP contribution in [0.25, 0.3) is 0 Å². The maximum atomic E-state index is 12.9. The molecule has 188 valence electrons. The molecule has 1 aliphatic rings. The second-order valence-corrected chi connectivity index (χ2v) is 9.82. The first-order valence-corrected chi connectivity index (χ1v) is 12.0. The normalized spacial score (nSPS) is 14.5. The first-order valence-electron chi connectivity index (χ1n) is 10.4. The van der Waals surface area contributed by atoms with Gasteiger partial charge in [0.15, 0.2) is 5.60 Å². The Kier molecular flexibility index (Phi) is 7.85. The molecule has 2 aromatic carbocycles. The molecule has 12 heteroatoms. The van der Waals surface area contributed by atoms with Crippen LogP contribution in [0, 0.1) is 0 Å². The van der Waals surface area contributed by atoms with E-state index in [9.17, 15) is 27.6 Å².